The molecule has 1 amide bonds. The Morgan fingerprint density at radius 1 is 1.15 bits per heavy atom. The summed E-state index contributed by atoms with van der Waals surface area (Å²) in [6, 6.07) is 5.77. The number of carbonyl (C=O) groups excluding carboxylic acids is 1. The van der Waals surface area contributed by atoms with E-state index < -0.39 is 10.0 Å². The van der Waals surface area contributed by atoms with E-state index in [4.69, 9.17) is 0 Å². The van der Waals surface area contributed by atoms with Crippen molar-refractivity contribution in [1.82, 2.24) is 19.1 Å². The quantitative estimate of drug-likeness (QED) is 0.626. The van der Waals surface area contributed by atoms with E-state index >= 15 is 0 Å². The molecule has 2 heterocycles. The molecule has 2 rings (SSSR count). The van der Waals surface area contributed by atoms with Crippen LogP contribution >= 0.6 is 0 Å². The summed E-state index contributed by atoms with van der Waals surface area (Å²) in [7, 11) is 0.480. The average molecular weight is 384 g/mol. The fourth-order valence-electron chi connectivity index (χ4n) is 2.90. The van der Waals surface area contributed by atoms with Crippen LogP contribution in [0.5, 0.6) is 0 Å². The van der Waals surface area contributed by atoms with Crippen LogP contribution in [0.15, 0.2) is 24.4 Å². The van der Waals surface area contributed by atoms with Gasteiger partial charge >= 0.3 is 0 Å². The van der Waals surface area contributed by atoms with Crippen molar-refractivity contribution in [1.29, 1.82) is 0 Å². The molecule has 0 N–H and O–H groups in total. The van der Waals surface area contributed by atoms with E-state index in [-0.39, 0.29) is 12.5 Å². The van der Waals surface area contributed by atoms with E-state index in [0.29, 0.717) is 39.1 Å². The summed E-state index contributed by atoms with van der Waals surface area (Å²) in [5.74, 6) is 0.766. The predicted molar refractivity (Wildman–Crippen MR) is 103 cm³/mol. The van der Waals surface area contributed by atoms with Crippen molar-refractivity contribution in [2.24, 2.45) is 0 Å². The van der Waals surface area contributed by atoms with Gasteiger partial charge in [-0.2, -0.15) is 4.31 Å². The molecule has 1 fully saturated rings. The average Bonchev–Trinajstić information content (AvgIpc) is 2.60. The number of amides is 1. The molecule has 9 heteroatoms. The molecule has 1 aliphatic heterocycles. The van der Waals surface area contributed by atoms with Gasteiger partial charge < -0.3 is 14.7 Å². The Labute approximate surface area is 156 Å². The summed E-state index contributed by atoms with van der Waals surface area (Å²) < 4.78 is 25.3. The fourth-order valence-corrected chi connectivity index (χ4v) is 3.71. The highest BCUT2D eigenvalue weighted by atomic mass is 32.2. The Morgan fingerprint density at radius 2 is 1.85 bits per heavy atom. The summed E-state index contributed by atoms with van der Waals surface area (Å²) in [5, 5.41) is 0. The maximum atomic E-state index is 12.6. The normalized spacial score (nSPS) is 15.7. The van der Waals surface area contributed by atoms with Crippen LogP contribution in [0.3, 0.4) is 0 Å². The molecule has 1 aromatic heterocycles. The summed E-state index contributed by atoms with van der Waals surface area (Å²) >= 11 is 0. The summed E-state index contributed by atoms with van der Waals surface area (Å²) in [6.45, 7) is 3.59. The number of nitrogens with zero attached hydrogens (tertiary/aromatic N) is 5. The van der Waals surface area contributed by atoms with E-state index in [1.165, 1.54) is 4.31 Å². The molecule has 1 aromatic rings. The van der Waals surface area contributed by atoms with Crippen LogP contribution in [-0.2, 0) is 14.8 Å². The van der Waals surface area contributed by atoms with Gasteiger partial charge in [0.05, 0.1) is 12.8 Å². The topological polar surface area (TPSA) is 77.1 Å². The van der Waals surface area contributed by atoms with Gasteiger partial charge in [0.1, 0.15) is 5.82 Å². The first kappa shape index (κ1) is 20.6. The fraction of sp³-hybridized carbons (Fsp3) is 0.647. The van der Waals surface area contributed by atoms with Crippen molar-refractivity contribution in [3.63, 3.8) is 0 Å². The minimum absolute atomic E-state index is 0.0875. The van der Waals surface area contributed by atoms with E-state index in [1.54, 1.807) is 11.1 Å². The minimum Gasteiger partial charge on any atom is -0.353 e. The molecule has 0 radical (unpaired) electrons. The largest absolute Gasteiger partial charge is 0.353 e. The number of pyridine rings is 1. The number of aromatic nitrogens is 1. The molecule has 0 aromatic carbocycles. The molecule has 1 saturated heterocycles. The first-order valence-electron chi connectivity index (χ1n) is 8.81. The lowest BCUT2D eigenvalue weighted by atomic mass is 10.3. The lowest BCUT2D eigenvalue weighted by Gasteiger charge is -2.36. The van der Waals surface area contributed by atoms with E-state index in [1.807, 2.05) is 37.2 Å². The Morgan fingerprint density at radius 3 is 2.38 bits per heavy atom. The Hall–Kier alpha value is -1.71. The van der Waals surface area contributed by atoms with Crippen LogP contribution in [-0.4, -0.2) is 99.6 Å². The van der Waals surface area contributed by atoms with Crippen molar-refractivity contribution < 1.29 is 13.2 Å². The molecule has 0 atom stereocenters. The number of carbonyl (C=O) groups is 1. The van der Waals surface area contributed by atoms with Gasteiger partial charge in [0.2, 0.25) is 15.9 Å². The molecule has 1 aliphatic rings. The highest BCUT2D eigenvalue weighted by molar-refractivity contribution is 7.88. The molecular weight excluding hydrogens is 354 g/mol. The smallest absolute Gasteiger partial charge is 0.238 e. The van der Waals surface area contributed by atoms with Gasteiger partial charge in [-0.1, -0.05) is 6.07 Å². The lowest BCUT2D eigenvalue weighted by Crippen LogP contribution is -2.52. The van der Waals surface area contributed by atoms with Crippen LogP contribution in [0.25, 0.3) is 0 Å². The lowest BCUT2D eigenvalue weighted by molar-refractivity contribution is -0.131. The predicted octanol–water partition coefficient (Wildman–Crippen LogP) is -0.0565. The molecule has 0 aliphatic carbocycles. The minimum atomic E-state index is -3.40. The van der Waals surface area contributed by atoms with Crippen molar-refractivity contribution in [3.05, 3.63) is 24.4 Å². The first-order valence-corrected chi connectivity index (χ1v) is 10.7. The van der Waals surface area contributed by atoms with Crippen LogP contribution in [0.1, 0.15) is 6.42 Å². The van der Waals surface area contributed by atoms with Crippen LogP contribution in [0.4, 0.5) is 5.82 Å². The van der Waals surface area contributed by atoms with E-state index in [9.17, 15) is 13.2 Å². The number of rotatable bonds is 8. The zero-order chi connectivity index (χ0) is 19.2. The molecule has 0 bridgehead atoms. The van der Waals surface area contributed by atoms with E-state index in [2.05, 4.69) is 9.88 Å². The van der Waals surface area contributed by atoms with Gasteiger partial charge in [-0.15, -0.1) is 0 Å². The molecule has 0 unspecified atom stereocenters. The van der Waals surface area contributed by atoms with Gasteiger partial charge in [-0.25, -0.2) is 13.4 Å². The van der Waals surface area contributed by atoms with Gasteiger partial charge in [0.25, 0.3) is 0 Å². The third kappa shape index (κ3) is 6.22. The van der Waals surface area contributed by atoms with Crippen molar-refractivity contribution in [2.45, 2.75) is 6.42 Å². The van der Waals surface area contributed by atoms with Gasteiger partial charge in [0, 0.05) is 38.9 Å². The molecule has 146 valence electrons. The zero-order valence-corrected chi connectivity index (χ0v) is 16.7. The maximum Gasteiger partial charge on any atom is 0.238 e. The Balaban J connectivity index is 1.87. The number of piperazine rings is 1. The maximum absolute atomic E-state index is 12.6. The number of sulfonamides is 1. The molecule has 0 saturated carbocycles. The standard InChI is InChI=1S/C17H29N5O3S/c1-19(2)9-6-10-22(26(3,24)25)15-17(23)21-13-11-20(12-14-21)16-7-4-5-8-18-16/h4-5,7-8H,6,9-15H2,1-3H3. The highest BCUT2D eigenvalue weighted by Crippen LogP contribution is 2.13. The van der Waals surface area contributed by atoms with Crippen molar-refractivity contribution in [3.8, 4) is 0 Å². The Bertz CT molecular complexity index is 673. The highest BCUT2D eigenvalue weighted by Gasteiger charge is 2.26. The number of hydrogen-bond acceptors (Lipinski definition) is 6. The molecule has 26 heavy (non-hydrogen) atoms. The molecular formula is C17H29N5O3S. The summed E-state index contributed by atoms with van der Waals surface area (Å²) in [6.07, 6.45) is 3.61. The second-order valence-corrected chi connectivity index (χ2v) is 8.79. The van der Waals surface area contributed by atoms with Gasteiger partial charge in [0.15, 0.2) is 0 Å². The zero-order valence-electron chi connectivity index (χ0n) is 15.8. The monoisotopic (exact) mass is 383 g/mol. The summed E-state index contributed by atoms with van der Waals surface area (Å²) in [5.41, 5.74) is 0. The molecule has 0 spiro atoms. The molecule has 8 nitrogen and oxygen atoms in total. The van der Waals surface area contributed by atoms with Crippen LogP contribution in [0, 0.1) is 0 Å². The van der Waals surface area contributed by atoms with Crippen molar-refractivity contribution >= 4 is 21.7 Å². The SMILES string of the molecule is CN(C)CCCN(CC(=O)N1CCN(c2ccccn2)CC1)S(C)(=O)=O. The van der Waals surface area contributed by atoms with Crippen molar-refractivity contribution in [2.75, 3.05) is 71.1 Å². The number of hydrogen-bond donors (Lipinski definition) is 0. The second kappa shape index (κ2) is 9.29. The second-order valence-electron chi connectivity index (χ2n) is 6.81. The Kier molecular flexibility index (Phi) is 7.36. The van der Waals surface area contributed by atoms with Crippen LogP contribution in [0.2, 0.25) is 0 Å². The van der Waals surface area contributed by atoms with E-state index in [0.717, 1.165) is 18.6 Å². The van der Waals surface area contributed by atoms with Gasteiger partial charge in [-0.3, -0.25) is 4.79 Å². The van der Waals surface area contributed by atoms with Crippen LogP contribution < -0.4 is 4.90 Å². The third-order valence-corrected chi connectivity index (χ3v) is 5.65. The summed E-state index contributed by atoms with van der Waals surface area (Å²) in [4.78, 5) is 22.8. The first-order chi connectivity index (χ1) is 12.3. The van der Waals surface area contributed by atoms with Gasteiger partial charge in [-0.05, 0) is 39.2 Å². The number of anilines is 1. The third-order valence-electron chi connectivity index (χ3n) is 4.40.